The molecule has 3 saturated heterocycles. The van der Waals surface area contributed by atoms with Crippen molar-refractivity contribution in [3.05, 3.63) is 35.9 Å². The molecule has 3 aliphatic rings. The fourth-order valence-corrected chi connectivity index (χ4v) is 2.55. The second kappa shape index (κ2) is 3.28. The van der Waals surface area contributed by atoms with Crippen LogP contribution in [0, 0.1) is 0 Å². The molecule has 3 aliphatic heterocycles. The highest BCUT2D eigenvalue weighted by Gasteiger charge is 2.63. The van der Waals surface area contributed by atoms with E-state index in [1.54, 1.807) is 0 Å². The van der Waals surface area contributed by atoms with Crippen LogP contribution in [-0.4, -0.2) is 36.3 Å². The molecule has 0 aromatic heterocycles. The zero-order chi connectivity index (χ0) is 11.5. The fourth-order valence-electron chi connectivity index (χ4n) is 2.55. The molecule has 90 valence electrons. The number of aliphatic hydroxyl groups is 1. The zero-order valence-electron chi connectivity index (χ0n) is 8.98. The van der Waals surface area contributed by atoms with Crippen LogP contribution < -0.4 is 0 Å². The first-order chi connectivity index (χ1) is 8.28. The van der Waals surface area contributed by atoms with Gasteiger partial charge in [0.25, 0.3) is 0 Å². The third kappa shape index (κ3) is 1.26. The molecule has 1 unspecified atom stereocenters. The molecule has 1 aromatic rings. The van der Waals surface area contributed by atoms with E-state index >= 15 is 0 Å². The maximum Gasteiger partial charge on any atom is 0.315 e. The van der Waals surface area contributed by atoms with Crippen LogP contribution in [0.25, 0.3) is 0 Å². The van der Waals surface area contributed by atoms with E-state index in [0.717, 1.165) is 5.56 Å². The number of hydrogen-bond acceptors (Lipinski definition) is 5. The Morgan fingerprint density at radius 2 is 1.94 bits per heavy atom. The van der Waals surface area contributed by atoms with Gasteiger partial charge in [0.2, 0.25) is 0 Å². The summed E-state index contributed by atoms with van der Waals surface area (Å²) in [5, 5.41) is 9.94. The molecule has 3 heterocycles. The lowest BCUT2D eigenvalue weighted by Crippen LogP contribution is -2.56. The monoisotopic (exact) mass is 236 g/mol. The summed E-state index contributed by atoms with van der Waals surface area (Å²) >= 11 is 0. The highest BCUT2D eigenvalue weighted by Crippen LogP contribution is 2.48. The number of ether oxygens (including phenoxy) is 4. The zero-order valence-corrected chi connectivity index (χ0v) is 8.98. The van der Waals surface area contributed by atoms with Gasteiger partial charge in [-0.1, -0.05) is 30.3 Å². The molecular formula is C12H12O5. The molecule has 1 N–H and O–H groups in total. The van der Waals surface area contributed by atoms with Crippen LogP contribution in [0.5, 0.6) is 0 Å². The van der Waals surface area contributed by atoms with Crippen LogP contribution in [0.4, 0.5) is 0 Å². The molecule has 5 atom stereocenters. The van der Waals surface area contributed by atoms with Crippen molar-refractivity contribution in [2.45, 2.75) is 30.6 Å². The molecule has 4 rings (SSSR count). The van der Waals surface area contributed by atoms with Crippen LogP contribution in [0.3, 0.4) is 0 Å². The Kier molecular flexibility index (Phi) is 1.93. The van der Waals surface area contributed by atoms with Crippen LogP contribution in [0.15, 0.2) is 30.3 Å². The van der Waals surface area contributed by atoms with Gasteiger partial charge in [-0.2, -0.15) is 0 Å². The Hall–Kier alpha value is -0.980. The maximum atomic E-state index is 9.94. The molecule has 5 heteroatoms. The second-order valence-electron chi connectivity index (χ2n) is 4.47. The lowest BCUT2D eigenvalue weighted by molar-refractivity contribution is -0.397. The summed E-state index contributed by atoms with van der Waals surface area (Å²) in [7, 11) is 0. The van der Waals surface area contributed by atoms with E-state index in [1.165, 1.54) is 0 Å². The van der Waals surface area contributed by atoms with E-state index < -0.39 is 30.6 Å². The van der Waals surface area contributed by atoms with E-state index in [-0.39, 0.29) is 0 Å². The average Bonchev–Trinajstić information content (AvgIpc) is 2.57. The van der Waals surface area contributed by atoms with E-state index in [4.69, 9.17) is 18.9 Å². The van der Waals surface area contributed by atoms with Gasteiger partial charge in [-0.3, -0.25) is 4.74 Å². The predicted octanol–water partition coefficient (Wildman–Crippen LogP) is 0.328. The van der Waals surface area contributed by atoms with Gasteiger partial charge in [0.15, 0.2) is 6.29 Å². The Labute approximate surface area is 97.9 Å². The van der Waals surface area contributed by atoms with Crippen molar-refractivity contribution >= 4 is 0 Å². The minimum absolute atomic E-state index is 0.334. The van der Waals surface area contributed by atoms with Gasteiger partial charge >= 0.3 is 5.97 Å². The largest absolute Gasteiger partial charge is 0.387 e. The first-order valence-electron chi connectivity index (χ1n) is 5.67. The molecule has 1 aromatic carbocycles. The van der Waals surface area contributed by atoms with E-state index in [2.05, 4.69) is 0 Å². The first kappa shape index (κ1) is 9.99. The highest BCUT2D eigenvalue weighted by molar-refractivity contribution is 5.20. The molecule has 0 spiro atoms. The van der Waals surface area contributed by atoms with Gasteiger partial charge < -0.3 is 19.3 Å². The smallest absolute Gasteiger partial charge is 0.315 e. The minimum Gasteiger partial charge on any atom is -0.387 e. The summed E-state index contributed by atoms with van der Waals surface area (Å²) < 4.78 is 22.6. The van der Waals surface area contributed by atoms with Gasteiger partial charge in [0, 0.05) is 5.56 Å². The number of rotatable bonds is 1. The Balaban J connectivity index is 1.78. The summed E-state index contributed by atoms with van der Waals surface area (Å²) in [6, 6.07) is 9.44. The maximum absolute atomic E-state index is 9.94. The molecule has 17 heavy (non-hydrogen) atoms. The summed E-state index contributed by atoms with van der Waals surface area (Å²) in [6.45, 7) is 0.334. The molecule has 3 bridgehead atoms. The summed E-state index contributed by atoms with van der Waals surface area (Å²) in [6.07, 6.45) is -2.10. The molecule has 3 fully saturated rings. The quantitative estimate of drug-likeness (QED) is 0.761. The van der Waals surface area contributed by atoms with E-state index in [0.29, 0.717) is 6.61 Å². The molecule has 5 nitrogen and oxygen atoms in total. The number of hydrogen-bond donors (Lipinski definition) is 1. The summed E-state index contributed by atoms with van der Waals surface area (Å²) in [5.74, 6) is -1.21. The van der Waals surface area contributed by atoms with Crippen molar-refractivity contribution in [1.29, 1.82) is 0 Å². The highest BCUT2D eigenvalue weighted by atomic mass is 17.0. The number of aliphatic hydroxyl groups excluding tert-OH is 1. The van der Waals surface area contributed by atoms with Crippen LogP contribution in [0.1, 0.15) is 5.56 Å². The second-order valence-corrected chi connectivity index (χ2v) is 4.47. The van der Waals surface area contributed by atoms with Gasteiger partial charge in [-0.25, -0.2) is 0 Å². The Morgan fingerprint density at radius 3 is 2.76 bits per heavy atom. The standard InChI is InChI=1S/C12H12O5/c13-9-8-6-14-11-10(9)16-12(15-8,17-11)7-4-2-1-3-5-7/h1-5,8-11,13H,6H2/t8-,9+,10-,11-,12?/m1/s1. The summed E-state index contributed by atoms with van der Waals surface area (Å²) in [5.41, 5.74) is 0.787. The van der Waals surface area contributed by atoms with E-state index in [9.17, 15) is 5.11 Å². The van der Waals surface area contributed by atoms with Crippen molar-refractivity contribution in [3.8, 4) is 0 Å². The van der Waals surface area contributed by atoms with Gasteiger partial charge in [0.1, 0.15) is 18.3 Å². The van der Waals surface area contributed by atoms with Crippen molar-refractivity contribution in [1.82, 2.24) is 0 Å². The Bertz CT molecular complexity index is 430. The van der Waals surface area contributed by atoms with E-state index in [1.807, 2.05) is 30.3 Å². The average molecular weight is 236 g/mol. The molecule has 0 radical (unpaired) electrons. The Morgan fingerprint density at radius 1 is 1.12 bits per heavy atom. The van der Waals surface area contributed by atoms with Crippen LogP contribution >= 0.6 is 0 Å². The number of benzene rings is 1. The van der Waals surface area contributed by atoms with Gasteiger partial charge in [0.05, 0.1) is 6.61 Å². The van der Waals surface area contributed by atoms with Crippen LogP contribution in [-0.2, 0) is 24.9 Å². The molecule has 0 amide bonds. The van der Waals surface area contributed by atoms with Gasteiger partial charge in [-0.15, -0.1) is 0 Å². The van der Waals surface area contributed by atoms with Crippen molar-refractivity contribution < 1.29 is 24.1 Å². The third-order valence-corrected chi connectivity index (χ3v) is 3.41. The normalized spacial score (nSPS) is 47.4. The van der Waals surface area contributed by atoms with Crippen molar-refractivity contribution in [3.63, 3.8) is 0 Å². The van der Waals surface area contributed by atoms with Crippen molar-refractivity contribution in [2.75, 3.05) is 6.61 Å². The lowest BCUT2D eigenvalue weighted by Gasteiger charge is -2.40. The third-order valence-electron chi connectivity index (χ3n) is 3.41. The topological polar surface area (TPSA) is 57.2 Å². The number of fused-ring (bicyclic) bond motifs is 2. The van der Waals surface area contributed by atoms with Crippen molar-refractivity contribution in [2.24, 2.45) is 0 Å². The molecular weight excluding hydrogens is 224 g/mol. The first-order valence-corrected chi connectivity index (χ1v) is 5.67. The minimum atomic E-state index is -1.21. The van der Waals surface area contributed by atoms with Gasteiger partial charge in [-0.05, 0) is 0 Å². The van der Waals surface area contributed by atoms with Crippen LogP contribution in [0.2, 0.25) is 0 Å². The molecule has 0 aliphatic carbocycles. The lowest BCUT2D eigenvalue weighted by atomic mass is 10.0. The molecule has 0 saturated carbocycles. The predicted molar refractivity (Wildman–Crippen MR) is 54.7 cm³/mol. The summed E-state index contributed by atoms with van der Waals surface area (Å²) in [4.78, 5) is 0. The fraction of sp³-hybridized carbons (Fsp3) is 0.500. The SMILES string of the molecule is O[C@@H]1[C@H]2OC3(c4ccccc4)O[C@H]2OC[C@H]1O3.